The van der Waals surface area contributed by atoms with Gasteiger partial charge in [-0.25, -0.2) is 13.4 Å². The number of nitrogens with zero attached hydrogens (tertiary/aromatic N) is 2. The van der Waals surface area contributed by atoms with Crippen LogP contribution in [0.15, 0.2) is 53.4 Å². The number of hydrogen-bond donors (Lipinski definition) is 1. The lowest BCUT2D eigenvalue weighted by Gasteiger charge is -2.23. The van der Waals surface area contributed by atoms with Crippen molar-refractivity contribution in [2.45, 2.75) is 50.0 Å². The molecule has 10 heteroatoms. The quantitative estimate of drug-likeness (QED) is 0.293. The molecule has 3 heterocycles. The number of hydrogen-bond acceptors (Lipinski definition) is 6. The number of sulfonamides is 1. The average Bonchev–Trinajstić information content (AvgIpc) is 3.60. The first-order valence-electron chi connectivity index (χ1n) is 12.4. The fourth-order valence-corrected chi connectivity index (χ4v) is 9.58. The smallest absolute Gasteiger partial charge is 0.243 e. The van der Waals surface area contributed by atoms with Crippen molar-refractivity contribution in [2.24, 2.45) is 5.92 Å². The van der Waals surface area contributed by atoms with Crippen molar-refractivity contribution in [3.05, 3.63) is 64.0 Å². The Bertz CT molecular complexity index is 1560. The SMILES string of the molecule is CC1CCc2c(sc(NC(=O)C3CCCN3S(=O)(=O)c3ccc(Cl)cc3)c2-c2nc3ccccc3s2)C1. The summed E-state index contributed by atoms with van der Waals surface area (Å²) in [6, 6.07) is 13.4. The first-order chi connectivity index (χ1) is 17.8. The third-order valence-electron chi connectivity index (χ3n) is 7.18. The minimum absolute atomic E-state index is 0.146. The van der Waals surface area contributed by atoms with Gasteiger partial charge in [-0.3, -0.25) is 4.79 Å². The summed E-state index contributed by atoms with van der Waals surface area (Å²) in [4.78, 5) is 20.0. The third kappa shape index (κ3) is 4.61. The van der Waals surface area contributed by atoms with E-state index in [9.17, 15) is 13.2 Å². The zero-order chi connectivity index (χ0) is 25.7. The van der Waals surface area contributed by atoms with Gasteiger partial charge in [0.2, 0.25) is 15.9 Å². The van der Waals surface area contributed by atoms with Crippen LogP contribution in [-0.2, 0) is 27.7 Å². The van der Waals surface area contributed by atoms with Gasteiger partial charge in [0, 0.05) is 22.0 Å². The number of rotatable bonds is 5. The number of carbonyl (C=O) groups excluding carboxylic acids is 1. The summed E-state index contributed by atoms with van der Waals surface area (Å²) in [6.45, 7) is 2.57. The van der Waals surface area contributed by atoms with Gasteiger partial charge in [-0.05, 0) is 80.0 Å². The first kappa shape index (κ1) is 25.0. The standard InChI is InChI=1S/C27H26ClN3O3S3/c1-16-8-13-19-23(15-16)36-27(24(19)26-29-20-5-2-3-7-22(20)35-26)30-25(32)21-6-4-14-31(21)37(33,34)18-11-9-17(28)10-12-18/h2-3,5,7,9-12,16,21H,4,6,8,13-15H2,1H3,(H,30,32). The number of para-hydroxylation sites is 1. The largest absolute Gasteiger partial charge is 0.316 e. The van der Waals surface area contributed by atoms with Crippen LogP contribution in [0.2, 0.25) is 5.02 Å². The third-order valence-corrected chi connectivity index (χ3v) is 11.6. The number of fused-ring (bicyclic) bond motifs is 2. The maximum absolute atomic E-state index is 13.6. The van der Waals surface area contributed by atoms with E-state index in [4.69, 9.17) is 16.6 Å². The highest BCUT2D eigenvalue weighted by atomic mass is 35.5. The zero-order valence-electron chi connectivity index (χ0n) is 20.2. The molecule has 0 spiro atoms. The van der Waals surface area contributed by atoms with Gasteiger partial charge < -0.3 is 5.32 Å². The minimum Gasteiger partial charge on any atom is -0.316 e. The Morgan fingerprint density at radius 2 is 1.89 bits per heavy atom. The molecule has 0 saturated carbocycles. The molecule has 1 aliphatic heterocycles. The van der Waals surface area contributed by atoms with E-state index in [1.807, 2.05) is 18.2 Å². The van der Waals surface area contributed by atoms with Crippen molar-refractivity contribution in [1.82, 2.24) is 9.29 Å². The summed E-state index contributed by atoms with van der Waals surface area (Å²) in [6.07, 6.45) is 4.15. The molecule has 6 rings (SSSR count). The van der Waals surface area contributed by atoms with Crippen molar-refractivity contribution < 1.29 is 13.2 Å². The van der Waals surface area contributed by atoms with Crippen molar-refractivity contribution in [1.29, 1.82) is 0 Å². The second kappa shape index (κ2) is 9.78. The van der Waals surface area contributed by atoms with Crippen molar-refractivity contribution in [3.8, 4) is 10.6 Å². The molecule has 2 atom stereocenters. The Morgan fingerprint density at radius 3 is 2.68 bits per heavy atom. The second-order valence-corrected chi connectivity index (χ2v) is 14.2. The molecule has 1 fully saturated rings. The molecular weight excluding hydrogens is 546 g/mol. The molecule has 6 nitrogen and oxygen atoms in total. The first-order valence-corrected chi connectivity index (χ1v) is 15.8. The topological polar surface area (TPSA) is 79.4 Å². The highest BCUT2D eigenvalue weighted by Gasteiger charge is 2.40. The van der Waals surface area contributed by atoms with Gasteiger partial charge in [-0.15, -0.1) is 22.7 Å². The van der Waals surface area contributed by atoms with E-state index in [0.29, 0.717) is 30.3 Å². The Kier molecular flexibility index (Phi) is 6.61. The molecule has 2 aromatic heterocycles. The fraction of sp³-hybridized carbons (Fsp3) is 0.333. The molecule has 2 aromatic carbocycles. The second-order valence-electron chi connectivity index (χ2n) is 9.76. The Balaban J connectivity index is 1.34. The highest BCUT2D eigenvalue weighted by molar-refractivity contribution is 7.89. The summed E-state index contributed by atoms with van der Waals surface area (Å²) in [5, 5.41) is 5.29. The van der Waals surface area contributed by atoms with Gasteiger partial charge >= 0.3 is 0 Å². The van der Waals surface area contributed by atoms with Crippen LogP contribution in [-0.4, -0.2) is 36.2 Å². The number of nitrogens with one attached hydrogen (secondary N) is 1. The Morgan fingerprint density at radius 1 is 1.11 bits per heavy atom. The molecule has 1 aliphatic carbocycles. The van der Waals surface area contributed by atoms with E-state index >= 15 is 0 Å². The van der Waals surface area contributed by atoms with Crippen LogP contribution in [0.5, 0.6) is 0 Å². The Hall–Kier alpha value is -2.30. The van der Waals surface area contributed by atoms with Gasteiger partial charge in [0.1, 0.15) is 16.1 Å². The number of amides is 1. The van der Waals surface area contributed by atoms with Gasteiger partial charge in [-0.2, -0.15) is 4.31 Å². The van der Waals surface area contributed by atoms with E-state index in [0.717, 1.165) is 45.1 Å². The highest BCUT2D eigenvalue weighted by Crippen LogP contribution is 2.47. The van der Waals surface area contributed by atoms with E-state index < -0.39 is 16.1 Å². The predicted octanol–water partition coefficient (Wildman–Crippen LogP) is 6.59. The molecule has 4 aromatic rings. The number of thiophene rings is 1. The number of halogens is 1. The van der Waals surface area contributed by atoms with Gasteiger partial charge in [0.15, 0.2) is 0 Å². The molecular formula is C27H26ClN3O3S3. The lowest BCUT2D eigenvalue weighted by Crippen LogP contribution is -2.43. The lowest BCUT2D eigenvalue weighted by atomic mass is 9.88. The van der Waals surface area contributed by atoms with Crippen LogP contribution in [0.1, 0.15) is 36.6 Å². The van der Waals surface area contributed by atoms with Gasteiger partial charge in [-0.1, -0.05) is 30.7 Å². The summed E-state index contributed by atoms with van der Waals surface area (Å²) in [5.41, 5.74) is 3.22. The molecule has 192 valence electrons. The number of aromatic nitrogens is 1. The number of carbonyl (C=O) groups is 1. The van der Waals surface area contributed by atoms with E-state index in [2.05, 4.69) is 18.3 Å². The molecule has 2 aliphatic rings. The maximum atomic E-state index is 13.6. The lowest BCUT2D eigenvalue weighted by molar-refractivity contribution is -0.119. The van der Waals surface area contributed by atoms with Gasteiger partial charge in [0.05, 0.1) is 15.1 Å². The zero-order valence-corrected chi connectivity index (χ0v) is 23.4. The van der Waals surface area contributed by atoms with Crippen LogP contribution < -0.4 is 5.32 Å². The molecule has 1 saturated heterocycles. The normalized spacial score (nSPS) is 20.3. The van der Waals surface area contributed by atoms with Crippen LogP contribution in [0.25, 0.3) is 20.8 Å². The molecule has 1 amide bonds. The maximum Gasteiger partial charge on any atom is 0.243 e. The molecule has 2 unspecified atom stereocenters. The van der Waals surface area contributed by atoms with Crippen LogP contribution in [0, 0.1) is 5.92 Å². The Labute approximate surface area is 229 Å². The van der Waals surface area contributed by atoms with Crippen LogP contribution in [0.4, 0.5) is 5.00 Å². The summed E-state index contributed by atoms with van der Waals surface area (Å²) < 4.78 is 29.2. The monoisotopic (exact) mass is 571 g/mol. The fourth-order valence-electron chi connectivity index (χ4n) is 5.27. The number of anilines is 1. The van der Waals surface area contributed by atoms with Crippen molar-refractivity contribution in [2.75, 3.05) is 11.9 Å². The van der Waals surface area contributed by atoms with E-state index in [-0.39, 0.29) is 10.8 Å². The summed E-state index contributed by atoms with van der Waals surface area (Å²) in [5.74, 6) is 0.303. The molecule has 1 N–H and O–H groups in total. The van der Waals surface area contributed by atoms with Gasteiger partial charge in [0.25, 0.3) is 0 Å². The average molecular weight is 572 g/mol. The molecule has 37 heavy (non-hydrogen) atoms. The van der Waals surface area contributed by atoms with E-state index in [1.165, 1.54) is 26.9 Å². The summed E-state index contributed by atoms with van der Waals surface area (Å²) >= 11 is 9.21. The van der Waals surface area contributed by atoms with Crippen LogP contribution >= 0.6 is 34.3 Å². The summed E-state index contributed by atoms with van der Waals surface area (Å²) in [7, 11) is -3.82. The number of benzene rings is 2. The predicted molar refractivity (Wildman–Crippen MR) is 151 cm³/mol. The molecule has 0 bridgehead atoms. The van der Waals surface area contributed by atoms with Crippen molar-refractivity contribution in [3.63, 3.8) is 0 Å². The van der Waals surface area contributed by atoms with E-state index in [1.54, 1.807) is 34.8 Å². The molecule has 0 radical (unpaired) electrons. The minimum atomic E-state index is -3.82. The van der Waals surface area contributed by atoms with Crippen molar-refractivity contribution >= 4 is 65.4 Å². The van der Waals surface area contributed by atoms with Crippen LogP contribution in [0.3, 0.4) is 0 Å². The number of thiazole rings is 1.